The van der Waals surface area contributed by atoms with E-state index in [1.54, 1.807) is 12.4 Å². The maximum atomic E-state index is 6.01. The first-order chi connectivity index (χ1) is 10.3. The lowest BCUT2D eigenvalue weighted by Crippen LogP contribution is -2.15. The number of aromatic amines is 2. The van der Waals surface area contributed by atoms with Crippen molar-refractivity contribution in [3.05, 3.63) is 30.6 Å². The van der Waals surface area contributed by atoms with Crippen LogP contribution in [0.25, 0.3) is 22.4 Å². The van der Waals surface area contributed by atoms with Gasteiger partial charge in [-0.25, -0.2) is 0 Å². The van der Waals surface area contributed by atoms with Gasteiger partial charge in [-0.2, -0.15) is 10.2 Å². The van der Waals surface area contributed by atoms with Gasteiger partial charge in [0.15, 0.2) is 17.3 Å². The number of H-pyrrole nitrogens is 2. The Morgan fingerprint density at radius 1 is 1.10 bits per heavy atom. The zero-order valence-corrected chi connectivity index (χ0v) is 11.1. The summed E-state index contributed by atoms with van der Waals surface area (Å²) in [5.41, 5.74) is 9.47. The summed E-state index contributed by atoms with van der Waals surface area (Å²) in [5.74, 6) is 1.90. The second kappa shape index (κ2) is 4.55. The molecule has 2 aromatic heterocycles. The number of nitrogens with zero attached hydrogens (tertiary/aromatic N) is 2. The van der Waals surface area contributed by atoms with E-state index in [1.165, 1.54) is 0 Å². The van der Waals surface area contributed by atoms with Gasteiger partial charge in [0, 0.05) is 11.8 Å². The summed E-state index contributed by atoms with van der Waals surface area (Å²) in [6.07, 6.45) is 3.50. The molecule has 0 saturated heterocycles. The van der Waals surface area contributed by atoms with E-state index in [2.05, 4.69) is 20.4 Å². The molecule has 0 amide bonds. The summed E-state index contributed by atoms with van der Waals surface area (Å²) in [6.45, 7) is 1.12. The Balaban J connectivity index is 1.85. The van der Waals surface area contributed by atoms with E-state index in [4.69, 9.17) is 15.2 Å². The van der Waals surface area contributed by atoms with Crippen molar-refractivity contribution in [3.8, 4) is 33.9 Å². The van der Waals surface area contributed by atoms with Crippen LogP contribution >= 0.6 is 0 Å². The van der Waals surface area contributed by atoms with Gasteiger partial charge in [0.25, 0.3) is 0 Å². The molecule has 1 aromatic carbocycles. The fourth-order valence-corrected chi connectivity index (χ4v) is 2.44. The van der Waals surface area contributed by atoms with E-state index < -0.39 is 0 Å². The van der Waals surface area contributed by atoms with Gasteiger partial charge in [-0.05, 0) is 17.7 Å². The molecule has 0 saturated carbocycles. The molecular weight excluding hydrogens is 270 g/mol. The smallest absolute Gasteiger partial charge is 0.161 e. The average molecular weight is 283 g/mol. The maximum Gasteiger partial charge on any atom is 0.161 e. The first-order valence-corrected chi connectivity index (χ1v) is 6.56. The van der Waals surface area contributed by atoms with Crippen molar-refractivity contribution < 1.29 is 9.47 Å². The minimum Gasteiger partial charge on any atom is -0.486 e. The second-order valence-corrected chi connectivity index (χ2v) is 4.70. The van der Waals surface area contributed by atoms with Crippen molar-refractivity contribution >= 4 is 5.82 Å². The van der Waals surface area contributed by atoms with Crippen molar-refractivity contribution in [2.24, 2.45) is 0 Å². The standard InChI is InChI=1S/C14H13N5O2/c15-14-12(13(18-19-14)9-6-16-17-7-9)8-1-2-10-11(5-8)21-4-3-20-10/h1-2,5-7H,3-4H2,(H,16,17)(H3,15,18,19). The van der Waals surface area contributed by atoms with Crippen molar-refractivity contribution in [2.75, 3.05) is 18.9 Å². The van der Waals surface area contributed by atoms with E-state index >= 15 is 0 Å². The summed E-state index contributed by atoms with van der Waals surface area (Å²) in [5, 5.41) is 13.8. The van der Waals surface area contributed by atoms with Crippen LogP contribution in [0.3, 0.4) is 0 Å². The van der Waals surface area contributed by atoms with E-state index in [0.717, 1.165) is 33.9 Å². The highest BCUT2D eigenvalue weighted by Gasteiger charge is 2.18. The first kappa shape index (κ1) is 11.8. The summed E-state index contributed by atoms with van der Waals surface area (Å²) in [4.78, 5) is 0. The molecule has 0 atom stereocenters. The molecule has 1 aliphatic heterocycles. The van der Waals surface area contributed by atoms with E-state index in [-0.39, 0.29) is 0 Å². The third kappa shape index (κ3) is 1.90. The molecule has 0 aliphatic carbocycles. The zero-order chi connectivity index (χ0) is 14.2. The van der Waals surface area contributed by atoms with E-state index in [0.29, 0.717) is 19.0 Å². The summed E-state index contributed by atoms with van der Waals surface area (Å²) in [6, 6.07) is 5.74. The van der Waals surface area contributed by atoms with Crippen LogP contribution in [0.4, 0.5) is 5.82 Å². The molecule has 4 N–H and O–H groups in total. The fourth-order valence-electron chi connectivity index (χ4n) is 2.44. The van der Waals surface area contributed by atoms with Gasteiger partial charge < -0.3 is 15.2 Å². The normalized spacial score (nSPS) is 13.3. The monoisotopic (exact) mass is 283 g/mol. The molecule has 0 fully saturated rings. The van der Waals surface area contributed by atoms with E-state index in [9.17, 15) is 0 Å². The molecule has 0 spiro atoms. The summed E-state index contributed by atoms with van der Waals surface area (Å²) >= 11 is 0. The number of anilines is 1. The van der Waals surface area contributed by atoms with E-state index in [1.807, 2.05) is 18.2 Å². The number of hydrogen-bond donors (Lipinski definition) is 3. The Morgan fingerprint density at radius 3 is 2.76 bits per heavy atom. The topological polar surface area (TPSA) is 102 Å². The van der Waals surface area contributed by atoms with Crippen LogP contribution in [-0.4, -0.2) is 33.6 Å². The lowest BCUT2D eigenvalue weighted by atomic mass is 10.0. The zero-order valence-electron chi connectivity index (χ0n) is 11.1. The number of benzene rings is 1. The first-order valence-electron chi connectivity index (χ1n) is 6.56. The van der Waals surface area contributed by atoms with Gasteiger partial charge >= 0.3 is 0 Å². The number of nitrogens with one attached hydrogen (secondary N) is 2. The SMILES string of the molecule is Nc1n[nH]c(-c2cn[nH]c2)c1-c1ccc2c(c1)OCCO2. The molecule has 0 bridgehead atoms. The number of hydrogen-bond acceptors (Lipinski definition) is 5. The molecule has 0 unspecified atom stereocenters. The third-order valence-corrected chi connectivity index (χ3v) is 3.41. The molecule has 0 radical (unpaired) electrons. The fraction of sp³-hybridized carbons (Fsp3) is 0.143. The predicted octanol–water partition coefficient (Wildman–Crippen LogP) is 1.82. The van der Waals surface area contributed by atoms with Crippen LogP contribution in [0.2, 0.25) is 0 Å². The summed E-state index contributed by atoms with van der Waals surface area (Å²) in [7, 11) is 0. The molecule has 7 heteroatoms. The third-order valence-electron chi connectivity index (χ3n) is 3.41. The quantitative estimate of drug-likeness (QED) is 0.666. The van der Waals surface area contributed by atoms with Crippen LogP contribution in [0, 0.1) is 0 Å². The van der Waals surface area contributed by atoms with Gasteiger partial charge in [0.05, 0.1) is 17.5 Å². The summed E-state index contributed by atoms with van der Waals surface area (Å²) < 4.78 is 11.2. The van der Waals surface area contributed by atoms with Crippen molar-refractivity contribution in [3.63, 3.8) is 0 Å². The number of nitrogen functional groups attached to an aromatic ring is 1. The van der Waals surface area contributed by atoms with Gasteiger partial charge in [0.2, 0.25) is 0 Å². The van der Waals surface area contributed by atoms with Gasteiger partial charge in [-0.1, -0.05) is 6.07 Å². The minimum absolute atomic E-state index is 0.433. The molecule has 3 heterocycles. The largest absolute Gasteiger partial charge is 0.486 e. The second-order valence-electron chi connectivity index (χ2n) is 4.70. The Labute approximate surface area is 120 Å². The van der Waals surface area contributed by atoms with Gasteiger partial charge in [0.1, 0.15) is 13.2 Å². The number of ether oxygens (including phenoxy) is 2. The molecule has 21 heavy (non-hydrogen) atoms. The Kier molecular flexibility index (Phi) is 2.56. The molecule has 7 nitrogen and oxygen atoms in total. The van der Waals surface area contributed by atoms with Crippen molar-refractivity contribution in [1.82, 2.24) is 20.4 Å². The predicted molar refractivity (Wildman–Crippen MR) is 77.0 cm³/mol. The van der Waals surface area contributed by atoms with Gasteiger partial charge in [-0.15, -0.1) is 0 Å². The molecule has 106 valence electrons. The lowest BCUT2D eigenvalue weighted by Gasteiger charge is -2.19. The van der Waals surface area contributed by atoms with Crippen LogP contribution in [0.15, 0.2) is 30.6 Å². The van der Waals surface area contributed by atoms with Crippen LogP contribution < -0.4 is 15.2 Å². The highest BCUT2D eigenvalue weighted by Crippen LogP contribution is 2.39. The lowest BCUT2D eigenvalue weighted by molar-refractivity contribution is 0.171. The number of aromatic nitrogens is 4. The number of nitrogens with two attached hydrogens (primary N) is 1. The number of rotatable bonds is 2. The highest BCUT2D eigenvalue weighted by atomic mass is 16.6. The molecule has 4 rings (SSSR count). The van der Waals surface area contributed by atoms with Crippen molar-refractivity contribution in [1.29, 1.82) is 0 Å². The Hall–Kier alpha value is -2.96. The van der Waals surface area contributed by atoms with Crippen LogP contribution in [-0.2, 0) is 0 Å². The molecular formula is C14H13N5O2. The van der Waals surface area contributed by atoms with Crippen molar-refractivity contribution in [2.45, 2.75) is 0 Å². The van der Waals surface area contributed by atoms with Crippen LogP contribution in [0.5, 0.6) is 11.5 Å². The minimum atomic E-state index is 0.433. The van der Waals surface area contributed by atoms with Crippen LogP contribution in [0.1, 0.15) is 0 Å². The molecule has 3 aromatic rings. The maximum absolute atomic E-state index is 6.01. The Bertz CT molecular complexity index is 779. The average Bonchev–Trinajstić information content (AvgIpc) is 3.16. The highest BCUT2D eigenvalue weighted by molar-refractivity contribution is 5.88. The van der Waals surface area contributed by atoms with Gasteiger partial charge in [-0.3, -0.25) is 10.2 Å². The Morgan fingerprint density at radius 2 is 1.95 bits per heavy atom. The number of fused-ring (bicyclic) bond motifs is 1. The molecule has 1 aliphatic rings.